The molecule has 0 aliphatic carbocycles. The normalized spacial score (nSPS) is 13.0. The molecule has 1 amide bonds. The quantitative estimate of drug-likeness (QED) is 0.116. The van der Waals surface area contributed by atoms with Crippen LogP contribution in [0.5, 0.6) is 0 Å². The minimum absolute atomic E-state index is 0.00612. The molecule has 1 heterocycles. The van der Waals surface area contributed by atoms with Crippen molar-refractivity contribution >= 4 is 34.9 Å². The van der Waals surface area contributed by atoms with Gasteiger partial charge in [-0.1, -0.05) is 53.2 Å². The molecule has 0 aliphatic heterocycles. The molecule has 1 aromatic heterocycles. The summed E-state index contributed by atoms with van der Waals surface area (Å²) in [7, 11) is 0. The van der Waals surface area contributed by atoms with Crippen LogP contribution >= 0.6 is 11.6 Å². The molecular formula is C26H17ClF6N4O2. The predicted octanol–water partition coefficient (Wildman–Crippen LogP) is 6.73. The Bertz CT molecular complexity index is 1510. The van der Waals surface area contributed by atoms with E-state index in [1.165, 1.54) is 54.6 Å². The van der Waals surface area contributed by atoms with Gasteiger partial charge in [-0.3, -0.25) is 4.79 Å². The zero-order valence-corrected chi connectivity index (χ0v) is 20.3. The summed E-state index contributed by atoms with van der Waals surface area (Å²) >= 11 is 5.92. The molecule has 0 radical (unpaired) electrons. The Balaban J connectivity index is 1.60. The fourth-order valence-electron chi connectivity index (χ4n) is 3.67. The highest BCUT2D eigenvalue weighted by Crippen LogP contribution is 2.37. The van der Waals surface area contributed by atoms with Crippen molar-refractivity contribution in [3.8, 4) is 0 Å². The van der Waals surface area contributed by atoms with Gasteiger partial charge in [0.2, 0.25) is 5.91 Å². The van der Waals surface area contributed by atoms with Gasteiger partial charge in [-0.05, 0) is 47.5 Å². The van der Waals surface area contributed by atoms with Gasteiger partial charge in [-0.15, -0.1) is 0 Å². The summed E-state index contributed by atoms with van der Waals surface area (Å²) in [4.78, 5) is 26.0. The van der Waals surface area contributed by atoms with Gasteiger partial charge in [-0.25, -0.2) is 9.97 Å². The van der Waals surface area contributed by atoms with Crippen molar-refractivity contribution in [3.05, 3.63) is 106 Å². The van der Waals surface area contributed by atoms with Crippen molar-refractivity contribution in [3.63, 3.8) is 0 Å². The molecule has 6 nitrogen and oxygen atoms in total. The number of halogens is 7. The first-order valence-corrected chi connectivity index (χ1v) is 11.5. The SMILES string of the molecule is O=C(NC=NOCc1cccc(C(F)(F)F)c1)C(c1ccc(Cl)cc1)c1nc2ccccc2nc1C(F)(F)F. The number of oxime groups is 1. The molecule has 3 aromatic carbocycles. The van der Waals surface area contributed by atoms with Crippen LogP contribution in [0.1, 0.15) is 34.0 Å². The monoisotopic (exact) mass is 566 g/mol. The number of fused-ring (bicyclic) bond motifs is 1. The van der Waals surface area contributed by atoms with Crippen molar-refractivity contribution in [1.29, 1.82) is 0 Å². The van der Waals surface area contributed by atoms with Crippen molar-refractivity contribution in [2.45, 2.75) is 24.9 Å². The van der Waals surface area contributed by atoms with Crippen LogP contribution in [0.4, 0.5) is 26.3 Å². The van der Waals surface area contributed by atoms with Crippen LogP contribution in [0.3, 0.4) is 0 Å². The highest BCUT2D eigenvalue weighted by molar-refractivity contribution is 6.30. The average molecular weight is 567 g/mol. The number of hydrogen-bond acceptors (Lipinski definition) is 5. The van der Waals surface area contributed by atoms with Gasteiger partial charge in [-0.2, -0.15) is 26.3 Å². The van der Waals surface area contributed by atoms with Crippen LogP contribution in [0.15, 0.2) is 78.0 Å². The number of nitrogens with one attached hydrogen (secondary N) is 1. The van der Waals surface area contributed by atoms with Gasteiger partial charge in [0, 0.05) is 5.02 Å². The smallest absolute Gasteiger partial charge is 0.390 e. The maximum absolute atomic E-state index is 14.0. The first-order chi connectivity index (χ1) is 18.4. The number of hydrogen-bond donors (Lipinski definition) is 1. The fraction of sp³-hybridized carbons (Fsp3) is 0.154. The number of amides is 1. The lowest BCUT2D eigenvalue weighted by atomic mass is 9.92. The second-order valence-corrected chi connectivity index (χ2v) is 8.58. The molecule has 0 saturated heterocycles. The first kappa shape index (κ1) is 27.8. The molecule has 0 spiro atoms. The number of rotatable bonds is 7. The number of carbonyl (C=O) groups excluding carboxylic acids is 1. The Labute approximate surface area is 222 Å². The molecule has 1 N–H and O–H groups in total. The van der Waals surface area contributed by atoms with E-state index in [1.807, 2.05) is 0 Å². The van der Waals surface area contributed by atoms with E-state index in [2.05, 4.69) is 20.4 Å². The zero-order chi connectivity index (χ0) is 28.2. The van der Waals surface area contributed by atoms with Crippen molar-refractivity contribution in [2.75, 3.05) is 0 Å². The zero-order valence-electron chi connectivity index (χ0n) is 19.6. The third-order valence-corrected chi connectivity index (χ3v) is 5.68. The molecular weight excluding hydrogens is 550 g/mol. The Morgan fingerprint density at radius 2 is 1.59 bits per heavy atom. The van der Waals surface area contributed by atoms with Gasteiger partial charge in [0.05, 0.1) is 22.3 Å². The number of nitrogens with zero attached hydrogens (tertiary/aromatic N) is 3. The molecule has 4 rings (SSSR count). The molecule has 1 atom stereocenters. The van der Waals surface area contributed by atoms with Crippen molar-refractivity contribution < 1.29 is 36.0 Å². The van der Waals surface area contributed by atoms with Crippen LogP contribution in [-0.2, 0) is 28.6 Å². The third-order valence-electron chi connectivity index (χ3n) is 5.42. The molecule has 13 heteroatoms. The standard InChI is InChI=1S/C26H17ClF6N4O2/c27-18-10-8-16(9-11-18)21(22-23(26(31,32)33)37-20-7-2-1-6-19(20)36-22)24(38)34-14-35-39-13-15-4-3-5-17(12-15)25(28,29)30/h1-12,14,21H,13H2,(H,34,35,38). The lowest BCUT2D eigenvalue weighted by Crippen LogP contribution is -2.31. The number of carbonyl (C=O) groups is 1. The van der Waals surface area contributed by atoms with Crippen LogP contribution in [0.2, 0.25) is 5.02 Å². The maximum atomic E-state index is 14.0. The topological polar surface area (TPSA) is 76.5 Å². The molecule has 1 unspecified atom stereocenters. The molecule has 4 aromatic rings. The van der Waals surface area contributed by atoms with E-state index in [0.717, 1.165) is 18.5 Å². The molecule has 0 bridgehead atoms. The Morgan fingerprint density at radius 3 is 2.23 bits per heavy atom. The van der Waals surface area contributed by atoms with Gasteiger partial charge in [0.15, 0.2) is 5.69 Å². The summed E-state index contributed by atoms with van der Waals surface area (Å²) in [5.74, 6) is -2.52. The summed E-state index contributed by atoms with van der Waals surface area (Å²) in [6.07, 6.45) is -8.69. The van der Waals surface area contributed by atoms with Crippen LogP contribution < -0.4 is 5.32 Å². The van der Waals surface area contributed by atoms with Gasteiger partial charge >= 0.3 is 12.4 Å². The number of para-hydroxylation sites is 2. The van der Waals surface area contributed by atoms with Gasteiger partial charge < -0.3 is 10.2 Å². The highest BCUT2D eigenvalue weighted by atomic mass is 35.5. The number of benzene rings is 3. The van der Waals surface area contributed by atoms with E-state index in [9.17, 15) is 31.1 Å². The van der Waals surface area contributed by atoms with Crippen molar-refractivity contribution in [2.24, 2.45) is 5.16 Å². The van der Waals surface area contributed by atoms with E-state index in [-0.39, 0.29) is 28.8 Å². The summed E-state index contributed by atoms with van der Waals surface area (Å²) in [6, 6.07) is 15.8. The number of aromatic nitrogens is 2. The first-order valence-electron chi connectivity index (χ1n) is 11.1. The minimum Gasteiger partial charge on any atom is -0.390 e. The van der Waals surface area contributed by atoms with E-state index in [1.54, 1.807) is 6.07 Å². The summed E-state index contributed by atoms with van der Waals surface area (Å²) in [6.45, 7) is -0.356. The lowest BCUT2D eigenvalue weighted by Gasteiger charge is -2.20. The highest BCUT2D eigenvalue weighted by Gasteiger charge is 2.41. The van der Waals surface area contributed by atoms with Crippen molar-refractivity contribution in [1.82, 2.24) is 15.3 Å². The Morgan fingerprint density at radius 1 is 0.923 bits per heavy atom. The fourth-order valence-corrected chi connectivity index (χ4v) is 3.80. The minimum atomic E-state index is -4.93. The summed E-state index contributed by atoms with van der Waals surface area (Å²) in [5.41, 5.74) is -2.41. The van der Waals surface area contributed by atoms with E-state index in [4.69, 9.17) is 16.4 Å². The summed E-state index contributed by atoms with van der Waals surface area (Å²) < 4.78 is 80.7. The van der Waals surface area contributed by atoms with E-state index < -0.39 is 41.1 Å². The molecule has 0 fully saturated rings. The maximum Gasteiger partial charge on any atom is 0.435 e. The molecule has 39 heavy (non-hydrogen) atoms. The van der Waals surface area contributed by atoms with Crippen LogP contribution in [0.25, 0.3) is 11.0 Å². The third kappa shape index (κ3) is 6.82. The Hall–Kier alpha value is -4.19. The average Bonchev–Trinajstić information content (AvgIpc) is 2.88. The van der Waals surface area contributed by atoms with Crippen LogP contribution in [-0.4, -0.2) is 22.2 Å². The van der Waals surface area contributed by atoms with Crippen LogP contribution in [0, 0.1) is 0 Å². The second-order valence-electron chi connectivity index (χ2n) is 8.14. The number of alkyl halides is 6. The second kappa shape index (κ2) is 11.3. The largest absolute Gasteiger partial charge is 0.435 e. The predicted molar refractivity (Wildman–Crippen MR) is 131 cm³/mol. The Kier molecular flexibility index (Phi) is 8.05. The van der Waals surface area contributed by atoms with Gasteiger partial charge in [0.25, 0.3) is 0 Å². The van der Waals surface area contributed by atoms with E-state index in [0.29, 0.717) is 5.02 Å². The molecule has 202 valence electrons. The summed E-state index contributed by atoms with van der Waals surface area (Å²) in [5, 5.41) is 6.02. The molecule has 0 aliphatic rings. The molecule has 0 saturated carbocycles. The van der Waals surface area contributed by atoms with Gasteiger partial charge in [0.1, 0.15) is 18.9 Å². The van der Waals surface area contributed by atoms with E-state index >= 15 is 0 Å². The lowest BCUT2D eigenvalue weighted by molar-refractivity contribution is -0.142.